The number of hydrogen-bond donors (Lipinski definition) is 3. The van der Waals surface area contributed by atoms with Crippen LogP contribution in [-0.4, -0.2) is 29.7 Å². The highest BCUT2D eigenvalue weighted by atomic mass is 16.5. The lowest BCUT2D eigenvalue weighted by atomic mass is 10.1. The van der Waals surface area contributed by atoms with Crippen molar-refractivity contribution in [3.63, 3.8) is 0 Å². The van der Waals surface area contributed by atoms with E-state index < -0.39 is 5.91 Å². The van der Waals surface area contributed by atoms with Gasteiger partial charge in [-0.3, -0.25) is 9.59 Å². The Hall–Kier alpha value is -4.33. The molecule has 3 N–H and O–H groups in total. The molecule has 8 nitrogen and oxygen atoms in total. The van der Waals surface area contributed by atoms with Crippen LogP contribution in [-0.2, 0) is 4.79 Å². The predicted molar refractivity (Wildman–Crippen MR) is 127 cm³/mol. The standard InChI is InChI=1S/C25H23N3O5/c1-14-7-6-9-17(24(14)30)25(31)28-27-15(2)11-23(29)26-19-13-21-18(12-22(19)32-3)16-8-4-5-10-20(16)33-21/h4-10,12-13,30H,11H2,1-3H3,(H,26,29)(H,28,31)/b27-15+. The molecule has 168 valence electrons. The molecule has 0 aliphatic heterocycles. The Morgan fingerprint density at radius 2 is 1.85 bits per heavy atom. The Balaban J connectivity index is 1.47. The fraction of sp³-hybridized carbons (Fsp3) is 0.160. The zero-order valence-corrected chi connectivity index (χ0v) is 18.4. The molecule has 0 radical (unpaired) electrons. The Morgan fingerprint density at radius 3 is 2.64 bits per heavy atom. The summed E-state index contributed by atoms with van der Waals surface area (Å²) in [6, 6.07) is 16.1. The minimum atomic E-state index is -0.562. The number of phenolic OH excluding ortho intramolecular Hbond substituents is 1. The number of aryl methyl sites for hydroxylation is 1. The van der Waals surface area contributed by atoms with Crippen LogP contribution >= 0.6 is 0 Å². The lowest BCUT2D eigenvalue weighted by Crippen LogP contribution is -2.21. The van der Waals surface area contributed by atoms with Crippen molar-refractivity contribution in [2.24, 2.45) is 5.10 Å². The number of para-hydroxylation sites is 2. The highest BCUT2D eigenvalue weighted by molar-refractivity contribution is 6.10. The number of hydrazone groups is 1. The zero-order chi connectivity index (χ0) is 23.5. The fourth-order valence-electron chi connectivity index (χ4n) is 3.53. The molecule has 2 amide bonds. The first kappa shape index (κ1) is 21.9. The Bertz CT molecular complexity index is 1400. The van der Waals surface area contributed by atoms with Crippen LogP contribution in [0.2, 0.25) is 0 Å². The molecule has 0 spiro atoms. The number of amides is 2. The molecule has 3 aromatic carbocycles. The van der Waals surface area contributed by atoms with Crippen LogP contribution in [0.3, 0.4) is 0 Å². The maximum atomic E-state index is 12.6. The molecule has 1 aromatic heterocycles. The van der Waals surface area contributed by atoms with E-state index in [0.29, 0.717) is 28.3 Å². The lowest BCUT2D eigenvalue weighted by Gasteiger charge is -2.10. The van der Waals surface area contributed by atoms with Crippen LogP contribution in [0.5, 0.6) is 11.5 Å². The second-order valence-corrected chi connectivity index (χ2v) is 7.63. The van der Waals surface area contributed by atoms with Crippen LogP contribution in [0.25, 0.3) is 21.9 Å². The van der Waals surface area contributed by atoms with Crippen molar-refractivity contribution in [1.82, 2.24) is 5.43 Å². The molecule has 0 saturated heterocycles. The van der Waals surface area contributed by atoms with Gasteiger partial charge in [-0.1, -0.05) is 30.3 Å². The monoisotopic (exact) mass is 445 g/mol. The molecule has 4 rings (SSSR count). The number of phenols is 1. The van der Waals surface area contributed by atoms with Crippen molar-refractivity contribution in [3.8, 4) is 11.5 Å². The largest absolute Gasteiger partial charge is 0.507 e. The number of aromatic hydroxyl groups is 1. The Kier molecular flexibility index (Phi) is 5.99. The van der Waals surface area contributed by atoms with Crippen molar-refractivity contribution >= 4 is 45.2 Å². The molecule has 0 aliphatic rings. The SMILES string of the molecule is COc1cc2c(cc1NC(=O)C/C(C)=N/NC(=O)c1cccc(C)c1O)oc1ccccc12. The maximum absolute atomic E-state index is 12.6. The smallest absolute Gasteiger partial charge is 0.275 e. The van der Waals surface area contributed by atoms with E-state index in [4.69, 9.17) is 9.15 Å². The third-order valence-corrected chi connectivity index (χ3v) is 5.22. The minimum absolute atomic E-state index is 0.0542. The summed E-state index contributed by atoms with van der Waals surface area (Å²) in [6.07, 6.45) is -0.0542. The number of benzene rings is 3. The van der Waals surface area contributed by atoms with E-state index in [9.17, 15) is 14.7 Å². The van der Waals surface area contributed by atoms with Crippen molar-refractivity contribution in [1.29, 1.82) is 0 Å². The lowest BCUT2D eigenvalue weighted by molar-refractivity contribution is -0.115. The van der Waals surface area contributed by atoms with Crippen LogP contribution in [0.15, 0.2) is 64.1 Å². The third kappa shape index (κ3) is 4.50. The third-order valence-electron chi connectivity index (χ3n) is 5.22. The number of carbonyl (C=O) groups is 2. The average molecular weight is 445 g/mol. The first-order valence-corrected chi connectivity index (χ1v) is 10.3. The number of furan rings is 1. The molecule has 0 saturated carbocycles. The number of hydrogen-bond acceptors (Lipinski definition) is 6. The van der Waals surface area contributed by atoms with E-state index in [1.165, 1.54) is 13.2 Å². The van der Waals surface area contributed by atoms with Crippen LogP contribution in [0.4, 0.5) is 5.69 Å². The quantitative estimate of drug-likeness (QED) is 0.293. The van der Waals surface area contributed by atoms with Gasteiger partial charge in [0, 0.05) is 22.6 Å². The van der Waals surface area contributed by atoms with Gasteiger partial charge in [0.15, 0.2) is 0 Å². The number of nitrogens with one attached hydrogen (secondary N) is 2. The summed E-state index contributed by atoms with van der Waals surface area (Å²) in [5, 5.41) is 18.6. The van der Waals surface area contributed by atoms with Crippen LogP contribution in [0, 0.1) is 6.92 Å². The van der Waals surface area contributed by atoms with E-state index in [2.05, 4.69) is 15.8 Å². The summed E-state index contributed by atoms with van der Waals surface area (Å²) >= 11 is 0. The number of carbonyl (C=O) groups excluding carboxylic acids is 2. The number of ether oxygens (including phenoxy) is 1. The number of anilines is 1. The normalized spacial score (nSPS) is 11.5. The molecular formula is C25H23N3O5. The van der Waals surface area contributed by atoms with E-state index >= 15 is 0 Å². The van der Waals surface area contributed by atoms with Gasteiger partial charge in [0.1, 0.15) is 22.7 Å². The molecule has 0 aliphatic carbocycles. The molecule has 0 unspecified atom stereocenters. The fourth-order valence-corrected chi connectivity index (χ4v) is 3.53. The molecular weight excluding hydrogens is 422 g/mol. The van der Waals surface area contributed by atoms with Gasteiger partial charge in [-0.2, -0.15) is 5.10 Å². The number of rotatable bonds is 6. The highest BCUT2D eigenvalue weighted by Crippen LogP contribution is 2.36. The van der Waals surface area contributed by atoms with Gasteiger partial charge in [-0.05, 0) is 37.6 Å². The Labute approximate surface area is 189 Å². The van der Waals surface area contributed by atoms with Gasteiger partial charge in [-0.25, -0.2) is 5.43 Å². The number of fused-ring (bicyclic) bond motifs is 3. The summed E-state index contributed by atoms with van der Waals surface area (Å²) in [7, 11) is 1.53. The van der Waals surface area contributed by atoms with Crippen molar-refractivity contribution in [3.05, 3.63) is 65.7 Å². The molecule has 0 atom stereocenters. The van der Waals surface area contributed by atoms with E-state index in [-0.39, 0.29) is 23.6 Å². The Morgan fingerprint density at radius 1 is 1.06 bits per heavy atom. The molecule has 0 fully saturated rings. The van der Waals surface area contributed by atoms with Gasteiger partial charge in [0.25, 0.3) is 5.91 Å². The predicted octanol–water partition coefficient (Wildman–Crippen LogP) is 4.74. The van der Waals surface area contributed by atoms with Gasteiger partial charge >= 0.3 is 0 Å². The second kappa shape index (κ2) is 9.04. The summed E-state index contributed by atoms with van der Waals surface area (Å²) in [4.78, 5) is 24.9. The summed E-state index contributed by atoms with van der Waals surface area (Å²) in [5.74, 6) is -0.500. The van der Waals surface area contributed by atoms with Gasteiger partial charge in [0.05, 0.1) is 24.8 Å². The van der Waals surface area contributed by atoms with E-state index in [1.807, 2.05) is 30.3 Å². The average Bonchev–Trinajstić information content (AvgIpc) is 3.16. The van der Waals surface area contributed by atoms with Crippen molar-refractivity contribution in [2.45, 2.75) is 20.3 Å². The molecule has 1 heterocycles. The minimum Gasteiger partial charge on any atom is -0.507 e. The van der Waals surface area contributed by atoms with E-state index in [0.717, 1.165) is 16.4 Å². The number of methoxy groups -OCH3 is 1. The highest BCUT2D eigenvalue weighted by Gasteiger charge is 2.15. The van der Waals surface area contributed by atoms with Gasteiger partial charge in [-0.15, -0.1) is 0 Å². The zero-order valence-electron chi connectivity index (χ0n) is 18.4. The summed E-state index contributed by atoms with van der Waals surface area (Å²) < 4.78 is 11.3. The van der Waals surface area contributed by atoms with Crippen LogP contribution in [0.1, 0.15) is 29.3 Å². The van der Waals surface area contributed by atoms with E-state index in [1.54, 1.807) is 32.0 Å². The maximum Gasteiger partial charge on any atom is 0.275 e. The first-order chi connectivity index (χ1) is 15.9. The first-order valence-electron chi connectivity index (χ1n) is 10.3. The van der Waals surface area contributed by atoms with Crippen molar-refractivity contribution < 1.29 is 23.8 Å². The summed E-state index contributed by atoms with van der Waals surface area (Å²) in [5.41, 5.74) is 5.29. The molecule has 4 aromatic rings. The van der Waals surface area contributed by atoms with Crippen LogP contribution < -0.4 is 15.5 Å². The van der Waals surface area contributed by atoms with Crippen molar-refractivity contribution in [2.75, 3.05) is 12.4 Å². The summed E-state index contributed by atoms with van der Waals surface area (Å²) in [6.45, 7) is 3.32. The molecule has 0 bridgehead atoms. The molecule has 33 heavy (non-hydrogen) atoms. The second-order valence-electron chi connectivity index (χ2n) is 7.63. The topological polar surface area (TPSA) is 113 Å². The molecule has 8 heteroatoms. The van der Waals surface area contributed by atoms with Gasteiger partial charge < -0.3 is 19.6 Å². The van der Waals surface area contributed by atoms with Gasteiger partial charge in [0.2, 0.25) is 5.91 Å². The number of nitrogens with zero attached hydrogens (tertiary/aromatic N) is 1.